The fraction of sp³-hybridized carbons (Fsp3) is 0.588. The zero-order valence-corrected chi connectivity index (χ0v) is 14.1. The Labute approximate surface area is 137 Å². The maximum absolute atomic E-state index is 12.7. The Morgan fingerprint density at radius 1 is 1.26 bits per heavy atom. The van der Waals surface area contributed by atoms with Gasteiger partial charge < -0.3 is 24.4 Å². The number of methoxy groups -OCH3 is 3. The minimum absolute atomic E-state index is 0.0914. The number of ether oxygens (including phenoxy) is 3. The van der Waals surface area contributed by atoms with Crippen molar-refractivity contribution >= 4 is 11.6 Å². The third kappa shape index (κ3) is 4.59. The molecule has 1 amide bonds. The maximum Gasteiger partial charge on any atom is 0.228 e. The van der Waals surface area contributed by atoms with Gasteiger partial charge in [-0.2, -0.15) is 0 Å². The van der Waals surface area contributed by atoms with Crippen LogP contribution in [0.25, 0.3) is 0 Å². The topological polar surface area (TPSA) is 60.0 Å². The Balaban J connectivity index is 2.17. The van der Waals surface area contributed by atoms with Crippen molar-refractivity contribution in [3.8, 4) is 11.5 Å². The van der Waals surface area contributed by atoms with Crippen molar-refractivity contribution in [3.63, 3.8) is 0 Å². The zero-order valence-electron chi connectivity index (χ0n) is 14.1. The van der Waals surface area contributed by atoms with Gasteiger partial charge in [-0.05, 0) is 31.5 Å². The van der Waals surface area contributed by atoms with E-state index in [1.807, 2.05) is 18.2 Å². The lowest BCUT2D eigenvalue weighted by atomic mass is 10.1. The predicted octanol–water partition coefficient (Wildman–Crippen LogP) is 1.83. The molecule has 1 aromatic rings. The molecule has 1 saturated heterocycles. The Hall–Kier alpha value is -1.79. The van der Waals surface area contributed by atoms with Crippen molar-refractivity contribution < 1.29 is 19.0 Å². The van der Waals surface area contributed by atoms with E-state index in [1.54, 1.807) is 26.2 Å². The maximum atomic E-state index is 12.7. The van der Waals surface area contributed by atoms with Crippen LogP contribution in [-0.2, 0) is 9.53 Å². The summed E-state index contributed by atoms with van der Waals surface area (Å²) in [6, 6.07) is 5.79. The van der Waals surface area contributed by atoms with Gasteiger partial charge in [0.1, 0.15) is 0 Å². The molecule has 0 bridgehead atoms. The quantitative estimate of drug-likeness (QED) is 0.791. The molecule has 0 spiro atoms. The highest BCUT2D eigenvalue weighted by Crippen LogP contribution is 2.32. The number of amides is 1. The number of nitrogens with zero attached hydrogens (tertiary/aromatic N) is 1. The van der Waals surface area contributed by atoms with E-state index >= 15 is 0 Å². The van der Waals surface area contributed by atoms with E-state index in [4.69, 9.17) is 14.2 Å². The van der Waals surface area contributed by atoms with Gasteiger partial charge in [0, 0.05) is 37.9 Å². The smallest absolute Gasteiger partial charge is 0.228 e. The molecule has 1 aliphatic rings. The van der Waals surface area contributed by atoms with Gasteiger partial charge in [0.05, 0.1) is 20.8 Å². The van der Waals surface area contributed by atoms with Crippen LogP contribution < -0.4 is 19.7 Å². The van der Waals surface area contributed by atoms with Gasteiger partial charge in [-0.3, -0.25) is 4.79 Å². The largest absolute Gasteiger partial charge is 0.493 e. The van der Waals surface area contributed by atoms with E-state index in [9.17, 15) is 4.79 Å². The van der Waals surface area contributed by atoms with Crippen molar-refractivity contribution in [2.75, 3.05) is 45.9 Å². The number of hydrogen-bond donors (Lipinski definition) is 1. The van der Waals surface area contributed by atoms with Crippen LogP contribution in [0.15, 0.2) is 18.2 Å². The molecular formula is C17H26N2O4. The lowest BCUT2D eigenvalue weighted by Gasteiger charge is -2.25. The lowest BCUT2D eigenvalue weighted by Crippen LogP contribution is -2.38. The van der Waals surface area contributed by atoms with Crippen LogP contribution >= 0.6 is 0 Å². The zero-order chi connectivity index (χ0) is 16.7. The second kappa shape index (κ2) is 8.74. The summed E-state index contributed by atoms with van der Waals surface area (Å²) < 4.78 is 15.7. The number of rotatable bonds is 8. The SMILES string of the molecule is COCCN(C(=O)CC1CCCN1)c1ccc(OC)c(OC)c1. The minimum Gasteiger partial charge on any atom is -0.493 e. The van der Waals surface area contributed by atoms with Crippen molar-refractivity contribution in [3.05, 3.63) is 18.2 Å². The Bertz CT molecular complexity index is 515. The first-order valence-electron chi connectivity index (χ1n) is 7.94. The molecule has 23 heavy (non-hydrogen) atoms. The number of benzene rings is 1. The van der Waals surface area contributed by atoms with E-state index in [1.165, 1.54) is 0 Å². The predicted molar refractivity (Wildman–Crippen MR) is 89.4 cm³/mol. The molecule has 0 radical (unpaired) electrons. The van der Waals surface area contributed by atoms with Gasteiger partial charge in [-0.25, -0.2) is 0 Å². The summed E-state index contributed by atoms with van der Waals surface area (Å²) >= 11 is 0. The first-order chi connectivity index (χ1) is 11.2. The van der Waals surface area contributed by atoms with E-state index in [-0.39, 0.29) is 11.9 Å². The summed E-state index contributed by atoms with van der Waals surface area (Å²) in [6.45, 7) is 1.99. The summed E-state index contributed by atoms with van der Waals surface area (Å²) in [5, 5.41) is 3.37. The summed E-state index contributed by atoms with van der Waals surface area (Å²) in [5.74, 6) is 1.35. The lowest BCUT2D eigenvalue weighted by molar-refractivity contribution is -0.119. The average molecular weight is 322 g/mol. The molecule has 128 valence electrons. The normalized spacial score (nSPS) is 17.1. The van der Waals surface area contributed by atoms with Gasteiger partial charge in [0.25, 0.3) is 0 Å². The molecule has 0 saturated carbocycles. The Morgan fingerprint density at radius 3 is 2.65 bits per heavy atom. The number of anilines is 1. The van der Waals surface area contributed by atoms with Crippen LogP contribution in [0.2, 0.25) is 0 Å². The highest BCUT2D eigenvalue weighted by molar-refractivity contribution is 5.94. The molecule has 6 heteroatoms. The van der Waals surface area contributed by atoms with Crippen LogP contribution in [0.4, 0.5) is 5.69 Å². The van der Waals surface area contributed by atoms with Crippen LogP contribution in [-0.4, -0.2) is 53.0 Å². The molecular weight excluding hydrogens is 296 g/mol. The van der Waals surface area contributed by atoms with Crippen molar-refractivity contribution in [2.45, 2.75) is 25.3 Å². The van der Waals surface area contributed by atoms with Crippen LogP contribution in [0.3, 0.4) is 0 Å². The number of hydrogen-bond acceptors (Lipinski definition) is 5. The third-order valence-electron chi connectivity index (χ3n) is 4.08. The highest BCUT2D eigenvalue weighted by atomic mass is 16.5. The van der Waals surface area contributed by atoms with Crippen LogP contribution in [0, 0.1) is 0 Å². The Kier molecular flexibility index (Phi) is 6.67. The van der Waals surface area contributed by atoms with E-state index in [0.29, 0.717) is 31.1 Å². The molecule has 0 aromatic heterocycles. The summed E-state index contributed by atoms with van der Waals surface area (Å²) in [5.41, 5.74) is 0.794. The molecule has 1 aliphatic heterocycles. The van der Waals surface area contributed by atoms with Gasteiger partial charge in [-0.15, -0.1) is 0 Å². The summed E-state index contributed by atoms with van der Waals surface area (Å²) in [4.78, 5) is 14.5. The average Bonchev–Trinajstić information content (AvgIpc) is 3.07. The molecule has 6 nitrogen and oxygen atoms in total. The highest BCUT2D eigenvalue weighted by Gasteiger charge is 2.23. The van der Waals surface area contributed by atoms with E-state index < -0.39 is 0 Å². The van der Waals surface area contributed by atoms with Gasteiger partial charge >= 0.3 is 0 Å². The van der Waals surface area contributed by atoms with Crippen LogP contribution in [0.1, 0.15) is 19.3 Å². The summed E-state index contributed by atoms with van der Waals surface area (Å²) in [6.07, 6.45) is 2.68. The van der Waals surface area contributed by atoms with Crippen molar-refractivity contribution in [1.29, 1.82) is 0 Å². The molecule has 2 rings (SSSR count). The van der Waals surface area contributed by atoms with Gasteiger partial charge in [0.15, 0.2) is 11.5 Å². The van der Waals surface area contributed by atoms with Gasteiger partial charge in [0.2, 0.25) is 5.91 Å². The Morgan fingerprint density at radius 2 is 2.04 bits per heavy atom. The number of carbonyl (C=O) groups is 1. The second-order valence-electron chi connectivity index (χ2n) is 5.57. The third-order valence-corrected chi connectivity index (χ3v) is 4.08. The minimum atomic E-state index is 0.0914. The van der Waals surface area contributed by atoms with Crippen LogP contribution in [0.5, 0.6) is 11.5 Å². The molecule has 1 unspecified atom stereocenters. The van der Waals surface area contributed by atoms with Gasteiger partial charge in [-0.1, -0.05) is 0 Å². The van der Waals surface area contributed by atoms with E-state index in [2.05, 4.69) is 5.32 Å². The first kappa shape index (κ1) is 17.6. The number of nitrogens with one attached hydrogen (secondary N) is 1. The first-order valence-corrected chi connectivity index (χ1v) is 7.94. The standard InChI is InChI=1S/C17H26N2O4/c1-21-10-9-19(17(20)11-13-5-4-8-18-13)14-6-7-15(22-2)16(12-14)23-3/h6-7,12-13,18H,4-5,8-11H2,1-3H3. The monoisotopic (exact) mass is 322 g/mol. The molecule has 1 atom stereocenters. The fourth-order valence-electron chi connectivity index (χ4n) is 2.83. The molecule has 1 aromatic carbocycles. The fourth-order valence-corrected chi connectivity index (χ4v) is 2.83. The van der Waals surface area contributed by atoms with E-state index in [0.717, 1.165) is 25.1 Å². The summed E-state index contributed by atoms with van der Waals surface area (Å²) in [7, 11) is 4.82. The molecule has 0 aliphatic carbocycles. The molecule has 1 fully saturated rings. The molecule has 1 N–H and O–H groups in total. The second-order valence-corrected chi connectivity index (χ2v) is 5.57. The number of carbonyl (C=O) groups excluding carboxylic acids is 1. The van der Waals surface area contributed by atoms with Crippen molar-refractivity contribution in [2.24, 2.45) is 0 Å². The van der Waals surface area contributed by atoms with Crippen molar-refractivity contribution in [1.82, 2.24) is 5.32 Å². The molecule has 1 heterocycles.